The highest BCUT2D eigenvalue weighted by Crippen LogP contribution is 2.19. The fourth-order valence-electron chi connectivity index (χ4n) is 2.41. The van der Waals surface area contributed by atoms with Crippen LogP contribution in [0.5, 0.6) is 5.75 Å². The van der Waals surface area contributed by atoms with Gasteiger partial charge in [-0.05, 0) is 30.9 Å². The molecular formula is C22H31NO4. The van der Waals surface area contributed by atoms with Gasteiger partial charge in [-0.15, -0.1) is 0 Å². The van der Waals surface area contributed by atoms with E-state index in [2.05, 4.69) is 0 Å². The second-order valence-electron chi connectivity index (χ2n) is 6.47. The van der Waals surface area contributed by atoms with E-state index in [-0.39, 0.29) is 5.91 Å². The van der Waals surface area contributed by atoms with E-state index < -0.39 is 12.2 Å². The maximum atomic E-state index is 11.4. The molecule has 5 nitrogen and oxygen atoms in total. The zero-order valence-electron chi connectivity index (χ0n) is 16.4. The van der Waals surface area contributed by atoms with E-state index in [1.165, 1.54) is 4.90 Å². The Bertz CT molecular complexity index is 649. The highest BCUT2D eigenvalue weighted by Gasteiger charge is 2.06. The van der Waals surface area contributed by atoms with Crippen LogP contribution in [0.15, 0.2) is 60.7 Å². The smallest absolute Gasteiger partial charge is 0.222 e. The molecule has 0 aliphatic heterocycles. The molecule has 0 aliphatic rings. The van der Waals surface area contributed by atoms with Gasteiger partial charge in [0.1, 0.15) is 5.75 Å². The third-order valence-electron chi connectivity index (χ3n) is 4.05. The van der Waals surface area contributed by atoms with Gasteiger partial charge in [0.05, 0.1) is 19.3 Å². The summed E-state index contributed by atoms with van der Waals surface area (Å²) in [5, 5.41) is 19.8. The number of nitrogens with zero attached hydrogens (tertiary/aromatic N) is 1. The second kappa shape index (κ2) is 12.9. The second-order valence-corrected chi connectivity index (χ2v) is 6.47. The molecule has 5 heteroatoms. The first-order chi connectivity index (χ1) is 12.9. The van der Waals surface area contributed by atoms with Crippen LogP contribution in [0.4, 0.5) is 0 Å². The van der Waals surface area contributed by atoms with Crippen molar-refractivity contribution in [3.05, 3.63) is 66.3 Å². The molecule has 0 radical (unpaired) electrons. The summed E-state index contributed by atoms with van der Waals surface area (Å²) < 4.78 is 5.30. The summed E-state index contributed by atoms with van der Waals surface area (Å²) in [6, 6.07) is 7.79. The molecule has 27 heavy (non-hydrogen) atoms. The molecule has 2 atom stereocenters. The average molecular weight is 373 g/mol. The van der Waals surface area contributed by atoms with Gasteiger partial charge in [-0.25, -0.2) is 0 Å². The molecular weight excluding hydrogens is 342 g/mol. The number of hydrogen-bond donors (Lipinski definition) is 2. The SMILES string of the molecule is COc1ccccc1CCC(O)C=CC=CC=CC(O)CCC(=O)N(C)C. The number of aliphatic hydroxyl groups excluding tert-OH is 2. The number of amides is 1. The van der Waals surface area contributed by atoms with Crippen LogP contribution in [-0.2, 0) is 11.2 Å². The van der Waals surface area contributed by atoms with Crippen LogP contribution in [0, 0.1) is 0 Å². The van der Waals surface area contributed by atoms with Crippen LogP contribution in [0.2, 0.25) is 0 Å². The van der Waals surface area contributed by atoms with Crippen molar-refractivity contribution >= 4 is 5.91 Å². The summed E-state index contributed by atoms with van der Waals surface area (Å²) in [7, 11) is 5.04. The number of carbonyl (C=O) groups excluding carboxylic acids is 1. The molecule has 1 aromatic carbocycles. The highest BCUT2D eigenvalue weighted by atomic mass is 16.5. The van der Waals surface area contributed by atoms with Crippen molar-refractivity contribution in [2.24, 2.45) is 0 Å². The van der Waals surface area contributed by atoms with E-state index in [0.29, 0.717) is 19.3 Å². The average Bonchev–Trinajstić information content (AvgIpc) is 2.67. The minimum atomic E-state index is -0.644. The number of aliphatic hydroxyl groups is 2. The zero-order valence-corrected chi connectivity index (χ0v) is 16.4. The predicted octanol–water partition coefficient (Wildman–Crippen LogP) is 2.89. The molecule has 0 spiro atoms. The van der Waals surface area contributed by atoms with Crippen molar-refractivity contribution in [3.63, 3.8) is 0 Å². The van der Waals surface area contributed by atoms with Gasteiger partial charge in [0, 0.05) is 20.5 Å². The molecule has 148 valence electrons. The number of benzene rings is 1. The molecule has 0 bridgehead atoms. The lowest BCUT2D eigenvalue weighted by Crippen LogP contribution is -2.22. The first kappa shape index (κ1) is 22.7. The Morgan fingerprint density at radius 2 is 1.63 bits per heavy atom. The van der Waals surface area contributed by atoms with Crippen molar-refractivity contribution in [3.8, 4) is 5.75 Å². The Labute approximate surface area is 162 Å². The Kier molecular flexibility index (Phi) is 10.8. The Balaban J connectivity index is 2.30. The largest absolute Gasteiger partial charge is 0.496 e. The fourth-order valence-corrected chi connectivity index (χ4v) is 2.41. The molecule has 0 saturated carbocycles. The van der Waals surface area contributed by atoms with Crippen molar-refractivity contribution < 1.29 is 19.7 Å². The Morgan fingerprint density at radius 1 is 1.04 bits per heavy atom. The summed E-state index contributed by atoms with van der Waals surface area (Å²) >= 11 is 0. The van der Waals surface area contributed by atoms with Gasteiger partial charge >= 0.3 is 0 Å². The molecule has 1 aromatic rings. The molecule has 1 amide bonds. The van der Waals surface area contributed by atoms with Crippen LogP contribution >= 0.6 is 0 Å². The number of hydrogen-bond acceptors (Lipinski definition) is 4. The lowest BCUT2D eigenvalue weighted by molar-refractivity contribution is -0.129. The third-order valence-corrected chi connectivity index (χ3v) is 4.05. The quantitative estimate of drug-likeness (QED) is 0.585. The molecule has 2 N–H and O–H groups in total. The van der Waals surface area contributed by atoms with Gasteiger partial charge in [-0.3, -0.25) is 4.79 Å². The normalized spacial score (nSPS) is 14.1. The van der Waals surface area contributed by atoms with E-state index in [1.807, 2.05) is 24.3 Å². The summed E-state index contributed by atoms with van der Waals surface area (Å²) in [5.41, 5.74) is 1.08. The van der Waals surface area contributed by atoms with Crippen LogP contribution < -0.4 is 4.74 Å². The first-order valence-corrected chi connectivity index (χ1v) is 9.14. The van der Waals surface area contributed by atoms with Gasteiger partial charge in [0.25, 0.3) is 0 Å². The molecule has 0 aromatic heterocycles. The highest BCUT2D eigenvalue weighted by molar-refractivity contribution is 5.75. The molecule has 0 aliphatic carbocycles. The summed E-state index contributed by atoms with van der Waals surface area (Å²) in [6.07, 6.45) is 11.3. The number of para-hydroxylation sites is 1. The van der Waals surface area contributed by atoms with Gasteiger partial charge in [0.15, 0.2) is 0 Å². The van der Waals surface area contributed by atoms with Crippen LogP contribution in [0.3, 0.4) is 0 Å². The third kappa shape index (κ3) is 9.78. The predicted molar refractivity (Wildman–Crippen MR) is 109 cm³/mol. The van der Waals surface area contributed by atoms with Crippen molar-refractivity contribution in [2.45, 2.75) is 37.9 Å². The first-order valence-electron chi connectivity index (χ1n) is 9.14. The number of carbonyl (C=O) groups is 1. The Morgan fingerprint density at radius 3 is 2.22 bits per heavy atom. The maximum Gasteiger partial charge on any atom is 0.222 e. The van der Waals surface area contributed by atoms with Gasteiger partial charge < -0.3 is 19.8 Å². The van der Waals surface area contributed by atoms with Crippen molar-refractivity contribution in [2.75, 3.05) is 21.2 Å². The molecule has 0 saturated heterocycles. The molecule has 1 rings (SSSR count). The lowest BCUT2D eigenvalue weighted by Gasteiger charge is -2.10. The lowest BCUT2D eigenvalue weighted by atomic mass is 10.1. The standard InChI is InChI=1S/C22H31NO4/c1-23(2)22(26)17-16-20(25)12-7-5-4-6-11-19(24)15-14-18-10-8-9-13-21(18)27-3/h4-13,19-20,24-25H,14-17H2,1-3H3. The van der Waals surface area contributed by atoms with Crippen LogP contribution in [-0.4, -0.2) is 54.4 Å². The number of ether oxygens (including phenoxy) is 1. The summed E-state index contributed by atoms with van der Waals surface area (Å²) in [5.74, 6) is 0.840. The van der Waals surface area contributed by atoms with Crippen molar-refractivity contribution in [1.82, 2.24) is 4.90 Å². The fraction of sp³-hybridized carbons (Fsp3) is 0.409. The minimum absolute atomic E-state index is 0.00281. The summed E-state index contributed by atoms with van der Waals surface area (Å²) in [4.78, 5) is 13.0. The number of methoxy groups -OCH3 is 1. The maximum absolute atomic E-state index is 11.4. The van der Waals surface area contributed by atoms with Gasteiger partial charge in [-0.1, -0.05) is 54.7 Å². The number of aryl methyl sites for hydroxylation is 1. The van der Waals surface area contributed by atoms with E-state index in [0.717, 1.165) is 17.7 Å². The van der Waals surface area contributed by atoms with E-state index in [1.54, 1.807) is 57.7 Å². The molecule has 0 fully saturated rings. The number of allylic oxidation sites excluding steroid dienone is 4. The topological polar surface area (TPSA) is 70.0 Å². The number of rotatable bonds is 11. The van der Waals surface area contributed by atoms with E-state index in [9.17, 15) is 15.0 Å². The van der Waals surface area contributed by atoms with E-state index >= 15 is 0 Å². The Hall–Kier alpha value is -2.37. The van der Waals surface area contributed by atoms with Crippen molar-refractivity contribution in [1.29, 1.82) is 0 Å². The summed E-state index contributed by atoms with van der Waals surface area (Å²) in [6.45, 7) is 0. The van der Waals surface area contributed by atoms with E-state index in [4.69, 9.17) is 4.74 Å². The van der Waals surface area contributed by atoms with Gasteiger partial charge in [0.2, 0.25) is 5.91 Å². The minimum Gasteiger partial charge on any atom is -0.496 e. The zero-order chi connectivity index (χ0) is 20.1. The molecule has 2 unspecified atom stereocenters. The van der Waals surface area contributed by atoms with Crippen LogP contribution in [0.25, 0.3) is 0 Å². The monoisotopic (exact) mass is 373 g/mol. The van der Waals surface area contributed by atoms with Gasteiger partial charge in [-0.2, -0.15) is 0 Å². The van der Waals surface area contributed by atoms with Crippen LogP contribution in [0.1, 0.15) is 24.8 Å². The molecule has 0 heterocycles.